The molecule has 0 aliphatic heterocycles. The van der Waals surface area contributed by atoms with Crippen molar-refractivity contribution in [3.05, 3.63) is 0 Å². The van der Waals surface area contributed by atoms with Gasteiger partial charge in [0.1, 0.15) is 0 Å². The first-order valence-corrected chi connectivity index (χ1v) is 3.40. The number of carbonyl (C=O) groups is 1. The van der Waals surface area contributed by atoms with Crippen molar-refractivity contribution in [2.75, 3.05) is 27.2 Å². The van der Waals surface area contributed by atoms with Crippen LogP contribution in [0.15, 0.2) is 0 Å². The zero-order valence-corrected chi connectivity index (χ0v) is 7.21. The van der Waals surface area contributed by atoms with Crippen LogP contribution in [0.25, 0.3) is 0 Å². The number of nitrogens with zero attached hydrogens (tertiary/aromatic N) is 1. The van der Waals surface area contributed by atoms with Crippen molar-refractivity contribution in [2.24, 2.45) is 17.2 Å². The maximum Gasteiger partial charge on any atom is 0.309 e. The maximum absolute atomic E-state index is 9.00. The highest BCUT2D eigenvalue weighted by Gasteiger charge is 1.83. The minimum Gasteiger partial charge on any atom is -0.352 e. The number of urea groups is 1. The van der Waals surface area contributed by atoms with Gasteiger partial charge in [0.25, 0.3) is 0 Å². The Bertz CT molecular complexity index is 90.6. The van der Waals surface area contributed by atoms with E-state index in [2.05, 4.69) is 30.5 Å². The quantitative estimate of drug-likeness (QED) is 0.492. The normalized spacial score (nSPS) is 8.73. The van der Waals surface area contributed by atoms with Gasteiger partial charge in [-0.1, -0.05) is 0 Å². The Morgan fingerprint density at radius 2 is 1.73 bits per heavy atom. The van der Waals surface area contributed by atoms with Crippen LogP contribution in [0.5, 0.6) is 0 Å². The van der Waals surface area contributed by atoms with Crippen molar-refractivity contribution in [1.82, 2.24) is 4.90 Å². The molecule has 0 saturated carbocycles. The molecule has 11 heavy (non-hydrogen) atoms. The highest BCUT2D eigenvalue weighted by Crippen LogP contribution is 1.76. The van der Waals surface area contributed by atoms with Gasteiger partial charge in [0, 0.05) is 0 Å². The van der Waals surface area contributed by atoms with E-state index in [4.69, 9.17) is 10.5 Å². The van der Waals surface area contributed by atoms with Crippen LogP contribution in [0.1, 0.15) is 6.42 Å². The summed E-state index contributed by atoms with van der Waals surface area (Å²) < 4.78 is 0. The largest absolute Gasteiger partial charge is 0.352 e. The molecule has 0 radical (unpaired) electrons. The van der Waals surface area contributed by atoms with Crippen LogP contribution in [0.3, 0.4) is 0 Å². The van der Waals surface area contributed by atoms with Crippen LogP contribution in [0, 0.1) is 0 Å². The summed E-state index contributed by atoms with van der Waals surface area (Å²) in [5.74, 6) is 0. The standard InChI is InChI=1S/C5H14N2.CH4N2O/c1-7(2)5-3-4-6;2-1(3)4/h3-6H2,1-2H3;(H4,2,3,4). The molecular formula is C6H18N4O. The van der Waals surface area contributed by atoms with E-state index in [-0.39, 0.29) is 0 Å². The van der Waals surface area contributed by atoms with E-state index in [1.54, 1.807) is 0 Å². The van der Waals surface area contributed by atoms with E-state index >= 15 is 0 Å². The third kappa shape index (κ3) is 46.7. The summed E-state index contributed by atoms with van der Waals surface area (Å²) in [5, 5.41) is 0. The summed E-state index contributed by atoms with van der Waals surface area (Å²) in [5.41, 5.74) is 13.8. The Kier molecular flexibility index (Phi) is 10.7. The minimum atomic E-state index is -0.833. The van der Waals surface area contributed by atoms with Crippen LogP contribution in [-0.2, 0) is 0 Å². The van der Waals surface area contributed by atoms with Crippen LogP contribution in [0.2, 0.25) is 0 Å². The third-order valence-corrected chi connectivity index (χ3v) is 0.809. The monoisotopic (exact) mass is 162 g/mol. The number of rotatable bonds is 3. The Morgan fingerprint density at radius 1 is 1.36 bits per heavy atom. The summed E-state index contributed by atoms with van der Waals surface area (Å²) >= 11 is 0. The Hall–Kier alpha value is -0.810. The second kappa shape index (κ2) is 9.19. The van der Waals surface area contributed by atoms with Gasteiger partial charge < -0.3 is 22.1 Å². The lowest BCUT2D eigenvalue weighted by atomic mass is 10.4. The molecule has 2 amide bonds. The first kappa shape index (κ1) is 12.8. The molecule has 0 heterocycles. The summed E-state index contributed by atoms with van der Waals surface area (Å²) in [4.78, 5) is 11.1. The Labute approximate surface area is 67.5 Å². The average Bonchev–Trinajstić information content (AvgIpc) is 1.82. The number of primary amides is 2. The van der Waals surface area contributed by atoms with Crippen LogP contribution < -0.4 is 17.2 Å². The minimum absolute atomic E-state index is 0.804. The van der Waals surface area contributed by atoms with Gasteiger partial charge in [-0.3, -0.25) is 0 Å². The zero-order chi connectivity index (χ0) is 9.28. The van der Waals surface area contributed by atoms with E-state index in [0.29, 0.717) is 0 Å². The lowest BCUT2D eigenvalue weighted by Crippen LogP contribution is -2.18. The molecule has 0 aromatic carbocycles. The second-order valence-electron chi connectivity index (χ2n) is 2.35. The van der Waals surface area contributed by atoms with E-state index in [1.165, 1.54) is 0 Å². The summed E-state index contributed by atoms with van der Waals surface area (Å²) in [6, 6.07) is -0.833. The molecule has 0 aromatic rings. The predicted octanol–water partition coefficient (Wildman–Crippen LogP) is -1.08. The summed E-state index contributed by atoms with van der Waals surface area (Å²) in [7, 11) is 4.10. The average molecular weight is 162 g/mol. The van der Waals surface area contributed by atoms with Crippen molar-refractivity contribution >= 4 is 6.03 Å². The van der Waals surface area contributed by atoms with Crippen molar-refractivity contribution < 1.29 is 4.79 Å². The Morgan fingerprint density at radius 3 is 1.82 bits per heavy atom. The van der Waals surface area contributed by atoms with Crippen LogP contribution in [0.4, 0.5) is 4.79 Å². The summed E-state index contributed by atoms with van der Waals surface area (Å²) in [6.07, 6.45) is 1.10. The van der Waals surface area contributed by atoms with Gasteiger partial charge in [0.2, 0.25) is 0 Å². The first-order chi connectivity index (χ1) is 5.00. The highest BCUT2D eigenvalue weighted by molar-refractivity contribution is 5.69. The molecule has 0 fully saturated rings. The fourth-order valence-corrected chi connectivity index (χ4v) is 0.408. The molecule has 0 aromatic heterocycles. The Balaban J connectivity index is 0. The van der Waals surface area contributed by atoms with Crippen molar-refractivity contribution in [2.45, 2.75) is 6.42 Å². The smallest absolute Gasteiger partial charge is 0.309 e. The van der Waals surface area contributed by atoms with Gasteiger partial charge in [-0.15, -0.1) is 0 Å². The van der Waals surface area contributed by atoms with Gasteiger partial charge in [0.05, 0.1) is 0 Å². The predicted molar refractivity (Wildman–Crippen MR) is 46.0 cm³/mol. The molecule has 0 aliphatic rings. The van der Waals surface area contributed by atoms with Crippen molar-refractivity contribution in [1.29, 1.82) is 0 Å². The zero-order valence-electron chi connectivity index (χ0n) is 7.21. The highest BCUT2D eigenvalue weighted by atomic mass is 16.2. The number of amides is 2. The molecule has 0 unspecified atom stereocenters. The topological polar surface area (TPSA) is 98.4 Å². The molecule has 68 valence electrons. The van der Waals surface area contributed by atoms with Crippen molar-refractivity contribution in [3.63, 3.8) is 0 Å². The molecule has 6 N–H and O–H groups in total. The fourth-order valence-electron chi connectivity index (χ4n) is 0.408. The van der Waals surface area contributed by atoms with Crippen LogP contribution >= 0.6 is 0 Å². The van der Waals surface area contributed by atoms with Gasteiger partial charge in [0.15, 0.2) is 0 Å². The number of carbonyl (C=O) groups excluding carboxylic acids is 1. The summed E-state index contributed by atoms with van der Waals surface area (Å²) in [6.45, 7) is 1.91. The second-order valence-corrected chi connectivity index (χ2v) is 2.35. The first-order valence-electron chi connectivity index (χ1n) is 3.40. The maximum atomic E-state index is 9.00. The van der Waals surface area contributed by atoms with E-state index in [0.717, 1.165) is 19.5 Å². The lowest BCUT2D eigenvalue weighted by Gasteiger charge is -2.05. The SMILES string of the molecule is CN(C)CCCN.NC(N)=O. The van der Waals surface area contributed by atoms with E-state index < -0.39 is 6.03 Å². The van der Waals surface area contributed by atoms with E-state index in [9.17, 15) is 0 Å². The molecule has 0 rings (SSSR count). The van der Waals surface area contributed by atoms with E-state index in [1.807, 2.05) is 0 Å². The number of nitrogens with two attached hydrogens (primary N) is 3. The fraction of sp³-hybridized carbons (Fsp3) is 0.833. The molecule has 0 aliphatic carbocycles. The van der Waals surface area contributed by atoms with Crippen LogP contribution in [-0.4, -0.2) is 38.1 Å². The van der Waals surface area contributed by atoms with Gasteiger partial charge in [-0.2, -0.15) is 0 Å². The molecule has 0 saturated heterocycles. The van der Waals surface area contributed by atoms with Gasteiger partial charge in [-0.25, -0.2) is 4.79 Å². The van der Waals surface area contributed by atoms with Gasteiger partial charge >= 0.3 is 6.03 Å². The third-order valence-electron chi connectivity index (χ3n) is 0.809. The molecule has 0 bridgehead atoms. The van der Waals surface area contributed by atoms with Gasteiger partial charge in [-0.05, 0) is 33.6 Å². The number of hydrogen-bond acceptors (Lipinski definition) is 3. The van der Waals surface area contributed by atoms with Crippen molar-refractivity contribution in [3.8, 4) is 0 Å². The molecule has 0 atom stereocenters. The number of hydrogen-bond donors (Lipinski definition) is 3. The molecule has 0 spiro atoms. The lowest BCUT2D eigenvalue weighted by molar-refractivity contribution is 0.256. The molecule has 5 heteroatoms. The molecule has 5 nitrogen and oxygen atoms in total. The molecular weight excluding hydrogens is 144 g/mol.